The predicted octanol–water partition coefficient (Wildman–Crippen LogP) is 2.97. The van der Waals surface area contributed by atoms with Crippen molar-refractivity contribution in [3.05, 3.63) is 29.3 Å². The molecule has 114 valence electrons. The van der Waals surface area contributed by atoms with Gasteiger partial charge in [-0.25, -0.2) is 9.59 Å². The lowest BCUT2D eigenvalue weighted by molar-refractivity contribution is 0.0546. The van der Waals surface area contributed by atoms with Crippen LogP contribution in [-0.4, -0.2) is 32.3 Å². The zero-order chi connectivity index (χ0) is 15.2. The summed E-state index contributed by atoms with van der Waals surface area (Å²) >= 11 is 0. The summed E-state index contributed by atoms with van der Waals surface area (Å²) in [6, 6.07) is 4.90. The average Bonchev–Trinajstić information content (AvgIpc) is 2.54. The minimum atomic E-state index is -0.596. The molecule has 21 heavy (non-hydrogen) atoms. The highest BCUT2D eigenvalue weighted by atomic mass is 16.5. The van der Waals surface area contributed by atoms with Crippen LogP contribution in [0.25, 0.3) is 0 Å². The lowest BCUT2D eigenvalue weighted by Crippen LogP contribution is -2.22. The minimum Gasteiger partial charge on any atom is -0.490 e. The van der Waals surface area contributed by atoms with Gasteiger partial charge in [0.1, 0.15) is 11.3 Å². The van der Waals surface area contributed by atoms with Gasteiger partial charge in [-0.1, -0.05) is 12.5 Å². The first kappa shape index (κ1) is 15.4. The zero-order valence-electron chi connectivity index (χ0n) is 12.4. The summed E-state index contributed by atoms with van der Waals surface area (Å²) < 4.78 is 15.4. The maximum absolute atomic E-state index is 12.0. The smallest absolute Gasteiger partial charge is 0.342 e. The van der Waals surface area contributed by atoms with E-state index in [2.05, 4.69) is 0 Å². The summed E-state index contributed by atoms with van der Waals surface area (Å²) in [7, 11) is 2.55. The molecule has 0 amide bonds. The fraction of sp³-hybridized carbons (Fsp3) is 0.500. The molecule has 0 bridgehead atoms. The molecule has 0 aromatic heterocycles. The van der Waals surface area contributed by atoms with Crippen molar-refractivity contribution < 1.29 is 23.8 Å². The molecule has 0 N–H and O–H groups in total. The van der Waals surface area contributed by atoms with Gasteiger partial charge in [0.2, 0.25) is 0 Å². The van der Waals surface area contributed by atoms with Crippen molar-refractivity contribution in [2.75, 3.05) is 14.2 Å². The number of rotatable bonds is 4. The third kappa shape index (κ3) is 3.54. The molecule has 1 aromatic rings. The summed E-state index contributed by atoms with van der Waals surface area (Å²) in [4.78, 5) is 23.8. The van der Waals surface area contributed by atoms with Gasteiger partial charge in [0, 0.05) is 0 Å². The summed E-state index contributed by atoms with van der Waals surface area (Å²) in [6.45, 7) is 0. The third-order valence-electron chi connectivity index (χ3n) is 3.67. The first-order valence-electron chi connectivity index (χ1n) is 7.13. The van der Waals surface area contributed by atoms with Gasteiger partial charge in [-0.3, -0.25) is 0 Å². The lowest BCUT2D eigenvalue weighted by Gasteiger charge is -2.24. The monoisotopic (exact) mass is 292 g/mol. The van der Waals surface area contributed by atoms with Crippen LogP contribution in [0.15, 0.2) is 18.2 Å². The Bertz CT molecular complexity index is 517. The van der Waals surface area contributed by atoms with Gasteiger partial charge < -0.3 is 14.2 Å². The molecule has 1 aliphatic carbocycles. The number of ether oxygens (including phenoxy) is 3. The van der Waals surface area contributed by atoms with Gasteiger partial charge in [0.25, 0.3) is 0 Å². The predicted molar refractivity (Wildman–Crippen MR) is 76.6 cm³/mol. The Morgan fingerprint density at radius 1 is 1.00 bits per heavy atom. The highest BCUT2D eigenvalue weighted by Crippen LogP contribution is 2.29. The molecular weight excluding hydrogens is 272 g/mol. The summed E-state index contributed by atoms with van der Waals surface area (Å²) in [5.41, 5.74) is 0.301. The molecule has 0 atom stereocenters. The highest BCUT2D eigenvalue weighted by Gasteiger charge is 2.25. The van der Waals surface area contributed by atoms with Gasteiger partial charge in [0.05, 0.1) is 25.9 Å². The number of hydrogen-bond donors (Lipinski definition) is 0. The average molecular weight is 292 g/mol. The number of hydrogen-bond acceptors (Lipinski definition) is 5. The molecule has 0 spiro atoms. The SMILES string of the molecule is COC(=O)c1cccc(OC2CCCCC2)c1C(=O)OC. The van der Waals surface area contributed by atoms with Gasteiger partial charge in [-0.15, -0.1) is 0 Å². The Hall–Kier alpha value is -2.04. The molecule has 0 saturated heterocycles. The summed E-state index contributed by atoms with van der Waals surface area (Å²) in [6.07, 6.45) is 5.46. The van der Waals surface area contributed by atoms with Gasteiger partial charge in [-0.05, 0) is 37.8 Å². The lowest BCUT2D eigenvalue weighted by atomic mass is 9.97. The molecule has 0 aliphatic heterocycles. The molecule has 5 heteroatoms. The van der Waals surface area contributed by atoms with Gasteiger partial charge in [0.15, 0.2) is 0 Å². The van der Waals surface area contributed by atoms with Crippen molar-refractivity contribution in [1.29, 1.82) is 0 Å². The van der Waals surface area contributed by atoms with Gasteiger partial charge in [-0.2, -0.15) is 0 Å². The van der Waals surface area contributed by atoms with E-state index in [1.54, 1.807) is 12.1 Å². The normalized spacial score (nSPS) is 15.3. The first-order chi connectivity index (χ1) is 10.2. The Balaban J connectivity index is 2.34. The van der Waals surface area contributed by atoms with Crippen molar-refractivity contribution >= 4 is 11.9 Å². The Morgan fingerprint density at radius 3 is 2.29 bits per heavy atom. The van der Waals surface area contributed by atoms with E-state index in [-0.39, 0.29) is 17.2 Å². The zero-order valence-corrected chi connectivity index (χ0v) is 12.4. The van der Waals surface area contributed by atoms with Crippen molar-refractivity contribution in [2.24, 2.45) is 0 Å². The van der Waals surface area contributed by atoms with Crippen LogP contribution in [0.4, 0.5) is 0 Å². The van der Waals surface area contributed by atoms with Crippen molar-refractivity contribution in [1.82, 2.24) is 0 Å². The molecule has 1 fully saturated rings. The van der Waals surface area contributed by atoms with E-state index in [1.807, 2.05) is 0 Å². The van der Waals surface area contributed by atoms with E-state index in [4.69, 9.17) is 14.2 Å². The van der Waals surface area contributed by atoms with Crippen LogP contribution in [0.5, 0.6) is 5.75 Å². The van der Waals surface area contributed by atoms with Crippen molar-refractivity contribution in [2.45, 2.75) is 38.2 Å². The molecule has 0 unspecified atom stereocenters. The fourth-order valence-corrected chi connectivity index (χ4v) is 2.58. The van der Waals surface area contributed by atoms with E-state index < -0.39 is 11.9 Å². The van der Waals surface area contributed by atoms with Crippen molar-refractivity contribution in [3.63, 3.8) is 0 Å². The molecule has 2 rings (SSSR count). The second-order valence-electron chi connectivity index (χ2n) is 5.04. The first-order valence-corrected chi connectivity index (χ1v) is 7.13. The van der Waals surface area contributed by atoms with Crippen LogP contribution in [0.3, 0.4) is 0 Å². The van der Waals surface area contributed by atoms with Crippen molar-refractivity contribution in [3.8, 4) is 5.75 Å². The molecule has 1 saturated carbocycles. The topological polar surface area (TPSA) is 61.8 Å². The molecule has 0 heterocycles. The van der Waals surface area contributed by atoms with E-state index in [0.717, 1.165) is 25.7 Å². The Kier molecular flexibility index (Phi) is 5.20. The van der Waals surface area contributed by atoms with Crippen LogP contribution in [0.1, 0.15) is 52.8 Å². The van der Waals surface area contributed by atoms with E-state index in [1.165, 1.54) is 26.7 Å². The van der Waals surface area contributed by atoms with Crippen LogP contribution >= 0.6 is 0 Å². The minimum absolute atomic E-state index is 0.0788. The fourth-order valence-electron chi connectivity index (χ4n) is 2.58. The van der Waals surface area contributed by atoms with Gasteiger partial charge >= 0.3 is 11.9 Å². The Morgan fingerprint density at radius 2 is 1.67 bits per heavy atom. The van der Waals surface area contributed by atoms with E-state index in [0.29, 0.717) is 5.75 Å². The molecular formula is C16H20O5. The maximum atomic E-state index is 12.0. The molecule has 1 aliphatic rings. The molecule has 5 nitrogen and oxygen atoms in total. The number of carbonyl (C=O) groups excluding carboxylic acids is 2. The van der Waals surface area contributed by atoms with Crippen LogP contribution in [0.2, 0.25) is 0 Å². The largest absolute Gasteiger partial charge is 0.490 e. The van der Waals surface area contributed by atoms with E-state index in [9.17, 15) is 9.59 Å². The maximum Gasteiger partial charge on any atom is 0.342 e. The summed E-state index contributed by atoms with van der Waals surface area (Å²) in [5, 5.41) is 0. The summed E-state index contributed by atoms with van der Waals surface area (Å²) in [5.74, 6) is -0.789. The number of benzene rings is 1. The number of esters is 2. The Labute approximate surface area is 124 Å². The second kappa shape index (κ2) is 7.11. The third-order valence-corrected chi connectivity index (χ3v) is 3.67. The highest BCUT2D eigenvalue weighted by molar-refractivity contribution is 6.05. The number of carbonyl (C=O) groups is 2. The number of methoxy groups -OCH3 is 2. The molecule has 1 aromatic carbocycles. The quantitative estimate of drug-likeness (QED) is 0.798. The van der Waals surface area contributed by atoms with Crippen LogP contribution in [0, 0.1) is 0 Å². The second-order valence-corrected chi connectivity index (χ2v) is 5.04. The standard InChI is InChI=1S/C16H20O5/c1-19-15(17)12-9-6-10-13(14(12)16(18)20-2)21-11-7-4-3-5-8-11/h6,9-11H,3-5,7-8H2,1-2H3. The molecule has 0 radical (unpaired) electrons. The van der Waals surface area contributed by atoms with E-state index >= 15 is 0 Å². The van der Waals surface area contributed by atoms with Crippen LogP contribution in [-0.2, 0) is 9.47 Å². The van der Waals surface area contributed by atoms with Crippen LogP contribution < -0.4 is 4.74 Å².